The standard InChI is InChI=1S/C19H30N6OS/c1-4-18-24-23-15-25(18)11-10-21-19(20-9-6-12-27-3)22-14-16-7-5-8-17(13-16)26-2/h5,7-8,13,15H,4,6,9-12,14H2,1-3H3,(H2,20,21,22). The van der Waals surface area contributed by atoms with Crippen molar-refractivity contribution in [2.75, 3.05) is 32.2 Å². The third-order valence-corrected chi connectivity index (χ3v) is 4.73. The van der Waals surface area contributed by atoms with Gasteiger partial charge in [-0.25, -0.2) is 4.99 Å². The number of guanidine groups is 1. The molecule has 8 heteroatoms. The van der Waals surface area contributed by atoms with Crippen LogP contribution >= 0.6 is 11.8 Å². The molecule has 0 aliphatic heterocycles. The quantitative estimate of drug-likeness (QED) is 0.348. The monoisotopic (exact) mass is 390 g/mol. The van der Waals surface area contributed by atoms with Crippen LogP contribution in [0.2, 0.25) is 0 Å². The molecule has 1 aromatic carbocycles. The Kier molecular flexibility index (Phi) is 9.54. The lowest BCUT2D eigenvalue weighted by Gasteiger charge is -2.13. The van der Waals surface area contributed by atoms with Gasteiger partial charge in [0.2, 0.25) is 0 Å². The van der Waals surface area contributed by atoms with E-state index in [4.69, 9.17) is 9.73 Å². The van der Waals surface area contributed by atoms with Gasteiger partial charge in [-0.1, -0.05) is 19.1 Å². The number of nitrogens with one attached hydrogen (secondary N) is 2. The summed E-state index contributed by atoms with van der Waals surface area (Å²) in [5.41, 5.74) is 1.12. The minimum Gasteiger partial charge on any atom is -0.497 e. The lowest BCUT2D eigenvalue weighted by Crippen LogP contribution is -2.39. The number of rotatable bonds is 11. The fourth-order valence-electron chi connectivity index (χ4n) is 2.57. The number of nitrogens with zero attached hydrogens (tertiary/aromatic N) is 4. The number of hydrogen-bond acceptors (Lipinski definition) is 5. The molecular formula is C19H30N6OS. The molecule has 0 atom stereocenters. The van der Waals surface area contributed by atoms with Crippen molar-refractivity contribution >= 4 is 17.7 Å². The third kappa shape index (κ3) is 7.50. The minimum atomic E-state index is 0.599. The average molecular weight is 391 g/mol. The van der Waals surface area contributed by atoms with E-state index in [2.05, 4.69) is 44.6 Å². The third-order valence-electron chi connectivity index (χ3n) is 4.03. The molecule has 27 heavy (non-hydrogen) atoms. The van der Waals surface area contributed by atoms with Crippen LogP contribution in [0.4, 0.5) is 0 Å². The van der Waals surface area contributed by atoms with E-state index < -0.39 is 0 Å². The summed E-state index contributed by atoms with van der Waals surface area (Å²) < 4.78 is 7.35. The van der Waals surface area contributed by atoms with Crippen LogP contribution in [-0.2, 0) is 19.5 Å². The molecule has 0 amide bonds. The van der Waals surface area contributed by atoms with Gasteiger partial charge in [-0.05, 0) is 36.1 Å². The highest BCUT2D eigenvalue weighted by atomic mass is 32.2. The van der Waals surface area contributed by atoms with Gasteiger partial charge in [-0.2, -0.15) is 11.8 Å². The zero-order chi connectivity index (χ0) is 19.3. The van der Waals surface area contributed by atoms with E-state index in [-0.39, 0.29) is 0 Å². The van der Waals surface area contributed by atoms with Crippen LogP contribution in [0.25, 0.3) is 0 Å². The second kappa shape index (κ2) is 12.2. The van der Waals surface area contributed by atoms with Crippen LogP contribution in [0.1, 0.15) is 24.7 Å². The van der Waals surface area contributed by atoms with Crippen LogP contribution < -0.4 is 15.4 Å². The zero-order valence-corrected chi connectivity index (χ0v) is 17.3. The van der Waals surface area contributed by atoms with Gasteiger partial charge in [-0.3, -0.25) is 0 Å². The molecule has 0 fully saturated rings. The maximum absolute atomic E-state index is 5.28. The zero-order valence-electron chi connectivity index (χ0n) is 16.4. The Morgan fingerprint density at radius 2 is 2.15 bits per heavy atom. The number of hydrogen-bond donors (Lipinski definition) is 2. The number of aromatic nitrogens is 3. The fraction of sp³-hybridized carbons (Fsp3) is 0.526. The normalized spacial score (nSPS) is 11.4. The van der Waals surface area contributed by atoms with Crippen LogP contribution in [-0.4, -0.2) is 52.9 Å². The van der Waals surface area contributed by atoms with Gasteiger partial charge in [0.15, 0.2) is 5.96 Å². The van der Waals surface area contributed by atoms with Crippen molar-refractivity contribution in [2.24, 2.45) is 4.99 Å². The lowest BCUT2D eigenvalue weighted by atomic mass is 10.2. The Labute approximate surface area is 166 Å². The molecule has 0 bridgehead atoms. The smallest absolute Gasteiger partial charge is 0.191 e. The molecule has 0 saturated heterocycles. The van der Waals surface area contributed by atoms with Crippen molar-refractivity contribution in [1.82, 2.24) is 25.4 Å². The van der Waals surface area contributed by atoms with Crippen LogP contribution in [0.3, 0.4) is 0 Å². The van der Waals surface area contributed by atoms with E-state index in [0.29, 0.717) is 6.54 Å². The summed E-state index contributed by atoms with van der Waals surface area (Å²) in [6.45, 7) is 5.15. The second-order valence-corrected chi connectivity index (χ2v) is 7.00. The number of benzene rings is 1. The predicted octanol–water partition coefficient (Wildman–Crippen LogP) is 2.34. The summed E-state index contributed by atoms with van der Waals surface area (Å²) in [4.78, 5) is 4.72. The number of aliphatic imine (C=N–C) groups is 1. The van der Waals surface area contributed by atoms with Gasteiger partial charge < -0.3 is 19.9 Å². The molecule has 2 aromatic rings. The molecule has 0 saturated carbocycles. The van der Waals surface area contributed by atoms with Crippen molar-refractivity contribution in [3.05, 3.63) is 42.0 Å². The summed E-state index contributed by atoms with van der Waals surface area (Å²) in [6.07, 6.45) is 5.89. The molecule has 0 radical (unpaired) electrons. The number of methoxy groups -OCH3 is 1. The van der Waals surface area contributed by atoms with E-state index in [1.807, 2.05) is 30.0 Å². The van der Waals surface area contributed by atoms with Crippen molar-refractivity contribution in [1.29, 1.82) is 0 Å². The number of aryl methyl sites for hydroxylation is 1. The highest BCUT2D eigenvalue weighted by Crippen LogP contribution is 2.13. The van der Waals surface area contributed by atoms with Gasteiger partial charge in [0, 0.05) is 26.1 Å². The van der Waals surface area contributed by atoms with Crippen LogP contribution in [0, 0.1) is 0 Å². The van der Waals surface area contributed by atoms with Gasteiger partial charge in [-0.15, -0.1) is 10.2 Å². The Morgan fingerprint density at radius 3 is 2.93 bits per heavy atom. The predicted molar refractivity (Wildman–Crippen MR) is 113 cm³/mol. The van der Waals surface area contributed by atoms with Crippen LogP contribution in [0.5, 0.6) is 5.75 Å². The maximum Gasteiger partial charge on any atom is 0.191 e. The summed E-state index contributed by atoms with van der Waals surface area (Å²) in [5.74, 6) is 3.81. The summed E-state index contributed by atoms with van der Waals surface area (Å²) in [5, 5.41) is 14.9. The molecule has 1 aromatic heterocycles. The van der Waals surface area contributed by atoms with E-state index in [0.717, 1.165) is 61.3 Å². The average Bonchev–Trinajstić information content (AvgIpc) is 3.16. The van der Waals surface area contributed by atoms with Gasteiger partial charge >= 0.3 is 0 Å². The molecule has 1 heterocycles. The van der Waals surface area contributed by atoms with Crippen molar-refractivity contribution in [3.8, 4) is 5.75 Å². The topological polar surface area (TPSA) is 76.4 Å². The SMILES string of the molecule is CCc1nncn1CCNC(=NCc1cccc(OC)c1)NCCCSC. The summed E-state index contributed by atoms with van der Waals surface area (Å²) in [6, 6.07) is 8.00. The minimum absolute atomic E-state index is 0.599. The van der Waals surface area contributed by atoms with Gasteiger partial charge in [0.1, 0.15) is 17.9 Å². The Bertz CT molecular complexity index is 703. The highest BCUT2D eigenvalue weighted by molar-refractivity contribution is 7.98. The highest BCUT2D eigenvalue weighted by Gasteiger charge is 2.03. The molecule has 2 rings (SSSR count). The molecule has 0 aliphatic rings. The van der Waals surface area contributed by atoms with E-state index in [9.17, 15) is 0 Å². The molecule has 0 spiro atoms. The molecule has 2 N–H and O–H groups in total. The molecule has 0 unspecified atom stereocenters. The Morgan fingerprint density at radius 1 is 1.30 bits per heavy atom. The van der Waals surface area contributed by atoms with E-state index in [1.54, 1.807) is 13.4 Å². The molecular weight excluding hydrogens is 360 g/mol. The lowest BCUT2D eigenvalue weighted by molar-refractivity contribution is 0.414. The van der Waals surface area contributed by atoms with Crippen molar-refractivity contribution < 1.29 is 4.74 Å². The second-order valence-electron chi connectivity index (χ2n) is 6.01. The molecule has 7 nitrogen and oxygen atoms in total. The number of ether oxygens (including phenoxy) is 1. The first-order valence-electron chi connectivity index (χ1n) is 9.27. The Balaban J connectivity index is 1.92. The molecule has 148 valence electrons. The molecule has 0 aliphatic carbocycles. The first kappa shape index (κ1) is 21.1. The summed E-state index contributed by atoms with van der Waals surface area (Å²) >= 11 is 1.86. The summed E-state index contributed by atoms with van der Waals surface area (Å²) in [7, 11) is 1.68. The first-order valence-corrected chi connectivity index (χ1v) is 10.7. The van der Waals surface area contributed by atoms with Gasteiger partial charge in [0.25, 0.3) is 0 Å². The van der Waals surface area contributed by atoms with Crippen molar-refractivity contribution in [2.45, 2.75) is 32.9 Å². The number of thioether (sulfide) groups is 1. The van der Waals surface area contributed by atoms with Crippen molar-refractivity contribution in [3.63, 3.8) is 0 Å². The van der Waals surface area contributed by atoms with Gasteiger partial charge in [0.05, 0.1) is 13.7 Å². The first-order chi connectivity index (χ1) is 13.3. The van der Waals surface area contributed by atoms with E-state index >= 15 is 0 Å². The Hall–Kier alpha value is -2.22. The van der Waals surface area contributed by atoms with E-state index in [1.165, 1.54) is 0 Å². The largest absolute Gasteiger partial charge is 0.497 e. The van der Waals surface area contributed by atoms with Crippen LogP contribution in [0.15, 0.2) is 35.6 Å². The fourth-order valence-corrected chi connectivity index (χ4v) is 3.01. The maximum atomic E-state index is 5.28.